The summed E-state index contributed by atoms with van der Waals surface area (Å²) < 4.78 is 5.80. The standard InChI is InChI=1S/C21H28BrN7O3/c1-20(2,3)32-19(31)28-21(4)7-10-29(11-8-21)13-6-5-9-24-17(13)27-18(30)15-16(23)25-12-14(22)26-15/h5-6,9,12H,7-8,10-11H2,1-4H3,(H2,23,25)(H,28,31)(H,24,27,30). The van der Waals surface area contributed by atoms with Crippen LogP contribution in [0.4, 0.5) is 22.1 Å². The maximum Gasteiger partial charge on any atom is 0.408 e. The number of hydrogen-bond acceptors (Lipinski definition) is 8. The van der Waals surface area contributed by atoms with Crippen molar-refractivity contribution in [3.05, 3.63) is 34.8 Å². The van der Waals surface area contributed by atoms with Crippen LogP contribution in [0.2, 0.25) is 0 Å². The Labute approximate surface area is 195 Å². The van der Waals surface area contributed by atoms with Crippen molar-refractivity contribution >= 4 is 45.3 Å². The number of nitrogens with one attached hydrogen (secondary N) is 2. The van der Waals surface area contributed by atoms with Gasteiger partial charge in [-0.15, -0.1) is 0 Å². The number of carbonyl (C=O) groups is 2. The van der Waals surface area contributed by atoms with E-state index < -0.39 is 17.6 Å². The predicted molar refractivity (Wildman–Crippen MR) is 126 cm³/mol. The number of halogens is 1. The summed E-state index contributed by atoms with van der Waals surface area (Å²) >= 11 is 3.20. The van der Waals surface area contributed by atoms with Crippen molar-refractivity contribution in [3.8, 4) is 0 Å². The van der Waals surface area contributed by atoms with Crippen LogP contribution in [0.1, 0.15) is 51.0 Å². The van der Waals surface area contributed by atoms with Crippen molar-refractivity contribution in [3.63, 3.8) is 0 Å². The number of hydrogen-bond donors (Lipinski definition) is 3. The zero-order valence-electron chi connectivity index (χ0n) is 18.6. The summed E-state index contributed by atoms with van der Waals surface area (Å²) in [7, 11) is 0. The van der Waals surface area contributed by atoms with Gasteiger partial charge in [0.2, 0.25) is 0 Å². The second kappa shape index (κ2) is 9.27. The Kier molecular flexibility index (Phi) is 6.87. The van der Waals surface area contributed by atoms with Crippen LogP contribution in [-0.4, -0.2) is 51.2 Å². The first kappa shape index (κ1) is 23.7. The molecule has 1 saturated heterocycles. The first-order valence-electron chi connectivity index (χ1n) is 10.3. The average molecular weight is 506 g/mol. The number of anilines is 3. The van der Waals surface area contributed by atoms with Crippen molar-refractivity contribution < 1.29 is 14.3 Å². The molecule has 1 aliphatic heterocycles. The summed E-state index contributed by atoms with van der Waals surface area (Å²) in [6.45, 7) is 8.85. The van der Waals surface area contributed by atoms with Crippen LogP contribution >= 0.6 is 15.9 Å². The fraction of sp³-hybridized carbons (Fsp3) is 0.476. The SMILES string of the molecule is CC1(NC(=O)OC(C)(C)C)CCN(c2cccnc2NC(=O)c2nc(Br)cnc2N)CC1. The molecule has 2 amide bonds. The number of nitrogens with two attached hydrogens (primary N) is 1. The first-order valence-corrected chi connectivity index (χ1v) is 11.1. The highest BCUT2D eigenvalue weighted by Crippen LogP contribution is 2.30. The van der Waals surface area contributed by atoms with Gasteiger partial charge >= 0.3 is 6.09 Å². The van der Waals surface area contributed by atoms with Gasteiger partial charge < -0.3 is 26.0 Å². The monoisotopic (exact) mass is 505 g/mol. The number of nitrogen functional groups attached to an aromatic ring is 1. The molecule has 0 aliphatic carbocycles. The van der Waals surface area contributed by atoms with E-state index in [0.717, 1.165) is 5.69 Å². The third-order valence-electron chi connectivity index (χ3n) is 5.02. The molecule has 172 valence electrons. The van der Waals surface area contributed by atoms with E-state index in [2.05, 4.69) is 46.4 Å². The van der Waals surface area contributed by atoms with E-state index in [1.165, 1.54) is 6.20 Å². The van der Waals surface area contributed by atoms with E-state index >= 15 is 0 Å². The minimum atomic E-state index is -0.550. The van der Waals surface area contributed by atoms with Crippen LogP contribution in [-0.2, 0) is 4.74 Å². The van der Waals surface area contributed by atoms with Crippen molar-refractivity contribution in [2.45, 2.75) is 51.7 Å². The molecule has 0 spiro atoms. The lowest BCUT2D eigenvalue weighted by atomic mass is 9.89. The topological polar surface area (TPSA) is 135 Å². The molecule has 0 aromatic carbocycles. The van der Waals surface area contributed by atoms with Crippen LogP contribution in [0, 0.1) is 0 Å². The second-order valence-electron chi connectivity index (χ2n) is 8.93. The van der Waals surface area contributed by atoms with Gasteiger partial charge in [-0.1, -0.05) is 0 Å². The second-order valence-corrected chi connectivity index (χ2v) is 9.74. The van der Waals surface area contributed by atoms with Crippen molar-refractivity contribution in [1.82, 2.24) is 20.3 Å². The number of alkyl carbamates (subject to hydrolysis) is 1. The van der Waals surface area contributed by atoms with Crippen molar-refractivity contribution in [2.75, 3.05) is 29.0 Å². The van der Waals surface area contributed by atoms with E-state index in [9.17, 15) is 9.59 Å². The molecule has 10 nitrogen and oxygen atoms in total. The predicted octanol–water partition coefficient (Wildman–Crippen LogP) is 3.35. The van der Waals surface area contributed by atoms with Crippen LogP contribution in [0.3, 0.4) is 0 Å². The van der Waals surface area contributed by atoms with Crippen LogP contribution in [0.15, 0.2) is 29.1 Å². The first-order chi connectivity index (χ1) is 15.0. The Hall–Kier alpha value is -2.95. The number of amides is 2. The Bertz CT molecular complexity index is 1000. The quantitative estimate of drug-likeness (QED) is 0.575. The Morgan fingerprint density at radius 2 is 1.94 bits per heavy atom. The molecule has 1 fully saturated rings. The highest BCUT2D eigenvalue weighted by Gasteiger charge is 2.34. The summed E-state index contributed by atoms with van der Waals surface area (Å²) in [6.07, 6.45) is 4.02. The fourth-order valence-corrected chi connectivity index (χ4v) is 3.65. The summed E-state index contributed by atoms with van der Waals surface area (Å²) in [5.41, 5.74) is 5.66. The highest BCUT2D eigenvalue weighted by atomic mass is 79.9. The maximum absolute atomic E-state index is 12.7. The molecule has 2 aromatic rings. The van der Waals surface area contributed by atoms with Gasteiger partial charge in [-0.05, 0) is 68.6 Å². The van der Waals surface area contributed by atoms with Gasteiger partial charge in [-0.25, -0.2) is 19.7 Å². The summed E-state index contributed by atoms with van der Waals surface area (Å²) in [6, 6.07) is 3.70. The summed E-state index contributed by atoms with van der Waals surface area (Å²) in [5, 5.41) is 5.78. The molecule has 1 aliphatic rings. The Morgan fingerprint density at radius 1 is 1.25 bits per heavy atom. The molecule has 0 atom stereocenters. The van der Waals surface area contributed by atoms with E-state index in [-0.39, 0.29) is 17.1 Å². The van der Waals surface area contributed by atoms with Gasteiger partial charge in [-0.3, -0.25) is 4.79 Å². The lowest BCUT2D eigenvalue weighted by molar-refractivity contribution is 0.0448. The number of ether oxygens (including phenoxy) is 1. The molecule has 11 heteroatoms. The molecule has 0 unspecified atom stereocenters. The fourth-order valence-electron chi connectivity index (χ4n) is 3.38. The number of pyridine rings is 1. The largest absolute Gasteiger partial charge is 0.444 e. The molecule has 0 bridgehead atoms. The van der Waals surface area contributed by atoms with E-state index in [1.54, 1.807) is 6.20 Å². The van der Waals surface area contributed by atoms with Crippen molar-refractivity contribution in [1.29, 1.82) is 0 Å². The lowest BCUT2D eigenvalue weighted by Crippen LogP contribution is -2.54. The van der Waals surface area contributed by atoms with Gasteiger partial charge in [0.15, 0.2) is 17.3 Å². The van der Waals surface area contributed by atoms with Gasteiger partial charge in [0.25, 0.3) is 5.91 Å². The smallest absolute Gasteiger partial charge is 0.408 e. The third kappa shape index (κ3) is 6.06. The Balaban J connectivity index is 1.68. The van der Waals surface area contributed by atoms with Crippen LogP contribution in [0.25, 0.3) is 0 Å². The number of rotatable bonds is 4. The third-order valence-corrected chi connectivity index (χ3v) is 5.40. The molecule has 3 rings (SSSR count). The lowest BCUT2D eigenvalue weighted by Gasteiger charge is -2.41. The van der Waals surface area contributed by atoms with Gasteiger partial charge in [0, 0.05) is 24.8 Å². The average Bonchev–Trinajstić information content (AvgIpc) is 2.69. The molecule has 2 aromatic heterocycles. The number of piperidine rings is 1. The number of nitrogens with zero attached hydrogens (tertiary/aromatic N) is 4. The normalized spacial score (nSPS) is 15.7. The summed E-state index contributed by atoms with van der Waals surface area (Å²) in [4.78, 5) is 39.5. The minimum absolute atomic E-state index is 0.0174. The molecule has 0 saturated carbocycles. The van der Waals surface area contributed by atoms with E-state index in [0.29, 0.717) is 36.4 Å². The number of carbonyl (C=O) groups excluding carboxylic acids is 2. The maximum atomic E-state index is 12.7. The van der Waals surface area contributed by atoms with E-state index in [4.69, 9.17) is 10.5 Å². The summed E-state index contributed by atoms with van der Waals surface area (Å²) in [5.74, 6) is -0.0581. The minimum Gasteiger partial charge on any atom is -0.444 e. The molecule has 0 radical (unpaired) electrons. The van der Waals surface area contributed by atoms with Gasteiger partial charge in [0.1, 0.15) is 10.2 Å². The van der Waals surface area contributed by atoms with E-state index in [1.807, 2.05) is 39.8 Å². The molecule has 32 heavy (non-hydrogen) atoms. The zero-order valence-corrected chi connectivity index (χ0v) is 20.2. The molecule has 4 N–H and O–H groups in total. The number of aromatic nitrogens is 3. The zero-order chi connectivity index (χ0) is 23.5. The van der Waals surface area contributed by atoms with Crippen molar-refractivity contribution in [2.24, 2.45) is 0 Å². The van der Waals surface area contributed by atoms with Gasteiger partial charge in [0.05, 0.1) is 11.9 Å². The molecular formula is C21H28BrN7O3. The molecule has 3 heterocycles. The highest BCUT2D eigenvalue weighted by molar-refractivity contribution is 9.10. The molecular weight excluding hydrogens is 478 g/mol. The van der Waals surface area contributed by atoms with Gasteiger partial charge in [-0.2, -0.15) is 0 Å². The van der Waals surface area contributed by atoms with Crippen LogP contribution in [0.5, 0.6) is 0 Å². The Morgan fingerprint density at radius 3 is 2.59 bits per heavy atom. The van der Waals surface area contributed by atoms with Crippen LogP contribution < -0.4 is 21.3 Å².